The van der Waals surface area contributed by atoms with E-state index in [-0.39, 0.29) is 11.1 Å². The normalized spacial score (nSPS) is 14.2. The molecule has 2 aromatic carbocycles. The Hall–Kier alpha value is -2.95. The van der Waals surface area contributed by atoms with E-state index < -0.39 is 50.0 Å². The molecule has 2 amide bonds. The fourth-order valence-electron chi connectivity index (χ4n) is 2.33. The lowest BCUT2D eigenvalue weighted by molar-refractivity contribution is -0.139. The second-order valence-electron chi connectivity index (χ2n) is 5.29. The maximum atomic E-state index is 13.3. The van der Waals surface area contributed by atoms with Crippen LogP contribution in [0, 0.1) is 5.82 Å². The van der Waals surface area contributed by atoms with Gasteiger partial charge in [0.2, 0.25) is 0 Å². The first-order chi connectivity index (χ1) is 12.0. The number of anilines is 1. The van der Waals surface area contributed by atoms with Crippen molar-refractivity contribution in [1.29, 1.82) is 0 Å². The Kier molecular flexibility index (Phi) is 3.98. The summed E-state index contributed by atoms with van der Waals surface area (Å²) in [7, 11) is -4.38. The molecule has 0 saturated heterocycles. The van der Waals surface area contributed by atoms with E-state index in [1.54, 1.807) is 0 Å². The average molecular weight is 388 g/mol. The minimum atomic E-state index is -5.00. The Balaban J connectivity index is 1.97. The number of rotatable bonds is 3. The van der Waals surface area contributed by atoms with Crippen molar-refractivity contribution in [2.75, 3.05) is 4.72 Å². The topological polar surface area (TPSA) is 92.3 Å². The molecule has 0 unspecified atom stereocenters. The van der Waals surface area contributed by atoms with Crippen molar-refractivity contribution < 1.29 is 35.6 Å². The average Bonchev–Trinajstić information content (AvgIpc) is 2.82. The molecular weight excluding hydrogens is 380 g/mol. The number of benzene rings is 2. The Morgan fingerprint density at radius 3 is 2.23 bits per heavy atom. The van der Waals surface area contributed by atoms with Crippen molar-refractivity contribution in [2.45, 2.75) is 11.1 Å². The van der Waals surface area contributed by atoms with Gasteiger partial charge in [0.1, 0.15) is 5.82 Å². The van der Waals surface area contributed by atoms with Gasteiger partial charge in [-0.15, -0.1) is 0 Å². The molecule has 0 aromatic heterocycles. The number of halogens is 4. The second kappa shape index (κ2) is 5.80. The van der Waals surface area contributed by atoms with Crippen molar-refractivity contribution in [1.82, 2.24) is 5.32 Å². The van der Waals surface area contributed by atoms with Crippen molar-refractivity contribution in [3.63, 3.8) is 0 Å². The summed E-state index contributed by atoms with van der Waals surface area (Å²) in [4.78, 5) is 22.6. The van der Waals surface area contributed by atoms with Gasteiger partial charge in [-0.1, -0.05) is 0 Å². The quantitative estimate of drug-likeness (QED) is 0.624. The highest BCUT2D eigenvalue weighted by atomic mass is 32.2. The zero-order valence-electron chi connectivity index (χ0n) is 12.5. The monoisotopic (exact) mass is 388 g/mol. The van der Waals surface area contributed by atoms with E-state index in [4.69, 9.17) is 0 Å². The van der Waals surface area contributed by atoms with Crippen LogP contribution in [-0.2, 0) is 16.2 Å². The second-order valence-corrected chi connectivity index (χ2v) is 6.97. The van der Waals surface area contributed by atoms with E-state index >= 15 is 0 Å². The van der Waals surface area contributed by atoms with E-state index in [9.17, 15) is 35.6 Å². The van der Waals surface area contributed by atoms with Crippen LogP contribution in [0.25, 0.3) is 0 Å². The highest BCUT2D eigenvalue weighted by Gasteiger charge is 2.35. The van der Waals surface area contributed by atoms with E-state index in [1.807, 2.05) is 10.0 Å². The van der Waals surface area contributed by atoms with Crippen LogP contribution in [0.15, 0.2) is 41.3 Å². The minimum absolute atomic E-state index is 0.0184. The minimum Gasteiger partial charge on any atom is -0.288 e. The van der Waals surface area contributed by atoms with Gasteiger partial charge in [-0.2, -0.15) is 13.2 Å². The highest BCUT2D eigenvalue weighted by Crippen LogP contribution is 2.33. The molecule has 0 atom stereocenters. The van der Waals surface area contributed by atoms with Crippen LogP contribution >= 0.6 is 0 Å². The summed E-state index contributed by atoms with van der Waals surface area (Å²) in [6.45, 7) is 0. The van der Waals surface area contributed by atoms with Gasteiger partial charge in [-0.3, -0.25) is 19.6 Å². The molecule has 1 heterocycles. The van der Waals surface area contributed by atoms with E-state index in [0.29, 0.717) is 12.1 Å². The van der Waals surface area contributed by atoms with Crippen LogP contribution in [-0.4, -0.2) is 20.2 Å². The first-order valence-electron chi connectivity index (χ1n) is 6.88. The van der Waals surface area contributed by atoms with Crippen LogP contribution in [0.1, 0.15) is 26.3 Å². The molecule has 2 aromatic rings. The number of fused-ring (bicyclic) bond motifs is 1. The molecular formula is C15H8F4N2O4S. The Morgan fingerprint density at radius 1 is 0.923 bits per heavy atom. The van der Waals surface area contributed by atoms with Crippen molar-refractivity contribution >= 4 is 27.5 Å². The summed E-state index contributed by atoms with van der Waals surface area (Å²) in [5.74, 6) is -3.02. The fourth-order valence-corrected chi connectivity index (χ4v) is 3.41. The van der Waals surface area contributed by atoms with Crippen LogP contribution in [0.2, 0.25) is 0 Å². The highest BCUT2D eigenvalue weighted by molar-refractivity contribution is 7.92. The summed E-state index contributed by atoms with van der Waals surface area (Å²) < 4.78 is 78.0. The molecule has 1 aliphatic heterocycles. The predicted octanol–water partition coefficient (Wildman–Crippen LogP) is 2.53. The smallest absolute Gasteiger partial charge is 0.288 e. The number of carbonyl (C=O) groups excluding carboxylic acids is 2. The third kappa shape index (κ3) is 3.12. The summed E-state index contributed by atoms with van der Waals surface area (Å²) in [6, 6.07) is 4.67. The van der Waals surface area contributed by atoms with E-state index in [0.717, 1.165) is 24.3 Å². The zero-order valence-corrected chi connectivity index (χ0v) is 13.3. The number of alkyl halides is 3. The Bertz CT molecular complexity index is 1050. The maximum Gasteiger partial charge on any atom is 0.419 e. The van der Waals surface area contributed by atoms with Crippen molar-refractivity contribution in [2.24, 2.45) is 0 Å². The van der Waals surface area contributed by atoms with Crippen LogP contribution < -0.4 is 10.0 Å². The summed E-state index contributed by atoms with van der Waals surface area (Å²) in [6.07, 6.45) is -5.00. The molecule has 0 radical (unpaired) electrons. The summed E-state index contributed by atoms with van der Waals surface area (Å²) in [5, 5.41) is 1.98. The molecule has 136 valence electrons. The van der Waals surface area contributed by atoms with E-state index in [1.165, 1.54) is 0 Å². The largest absolute Gasteiger partial charge is 0.419 e. The van der Waals surface area contributed by atoms with Crippen LogP contribution in [0.3, 0.4) is 0 Å². The van der Waals surface area contributed by atoms with Gasteiger partial charge in [-0.05, 0) is 36.4 Å². The molecule has 0 fully saturated rings. The first kappa shape index (κ1) is 17.9. The number of imide groups is 1. The molecule has 0 spiro atoms. The van der Waals surface area contributed by atoms with Crippen LogP contribution in [0.4, 0.5) is 23.2 Å². The van der Waals surface area contributed by atoms with Gasteiger partial charge in [-0.25, -0.2) is 12.8 Å². The van der Waals surface area contributed by atoms with Gasteiger partial charge < -0.3 is 0 Å². The molecule has 26 heavy (non-hydrogen) atoms. The fraction of sp³-hybridized carbons (Fsp3) is 0.0667. The molecule has 6 nitrogen and oxygen atoms in total. The van der Waals surface area contributed by atoms with Gasteiger partial charge >= 0.3 is 6.18 Å². The molecule has 1 aliphatic rings. The van der Waals surface area contributed by atoms with E-state index in [2.05, 4.69) is 0 Å². The third-order valence-corrected chi connectivity index (χ3v) is 4.92. The number of carbonyl (C=O) groups is 2. The molecule has 3 rings (SSSR count). The summed E-state index contributed by atoms with van der Waals surface area (Å²) >= 11 is 0. The number of hydrogen-bond donors (Lipinski definition) is 2. The molecule has 0 saturated carbocycles. The zero-order chi connectivity index (χ0) is 19.3. The first-order valence-corrected chi connectivity index (χ1v) is 8.36. The van der Waals surface area contributed by atoms with Gasteiger partial charge in [0, 0.05) is 5.69 Å². The summed E-state index contributed by atoms with van der Waals surface area (Å²) in [5.41, 5.74) is -2.33. The number of amides is 2. The lowest BCUT2D eigenvalue weighted by Crippen LogP contribution is -2.20. The number of hydrogen-bond acceptors (Lipinski definition) is 4. The molecule has 2 N–H and O–H groups in total. The number of nitrogens with one attached hydrogen (secondary N) is 2. The third-order valence-electron chi connectivity index (χ3n) is 3.54. The lowest BCUT2D eigenvalue weighted by Gasteiger charge is -2.12. The maximum absolute atomic E-state index is 13.3. The molecule has 11 heteroatoms. The molecule has 0 bridgehead atoms. The van der Waals surface area contributed by atoms with Gasteiger partial charge in [0.05, 0.1) is 21.6 Å². The van der Waals surface area contributed by atoms with Gasteiger partial charge in [0.25, 0.3) is 21.8 Å². The lowest BCUT2D eigenvalue weighted by atomic mass is 10.1. The predicted molar refractivity (Wildman–Crippen MR) is 80.4 cm³/mol. The molecule has 0 aliphatic carbocycles. The number of sulfonamides is 1. The standard InChI is InChI=1S/C15H8F4N2O4S/c16-12-4-1-7(5-11(12)15(17,18)19)21-26(24,25)8-2-3-9-10(6-8)14(23)20-13(9)22/h1-6,21H,(H,20,22,23). The Labute approximate surface area is 143 Å². The van der Waals surface area contributed by atoms with Crippen LogP contribution in [0.5, 0.6) is 0 Å². The SMILES string of the molecule is O=C1NC(=O)c2cc(S(=O)(=O)Nc3ccc(F)c(C(F)(F)F)c3)ccc21. The van der Waals surface area contributed by atoms with Crippen molar-refractivity contribution in [3.05, 3.63) is 58.9 Å². The van der Waals surface area contributed by atoms with Crippen molar-refractivity contribution in [3.8, 4) is 0 Å². The Morgan fingerprint density at radius 2 is 1.58 bits per heavy atom. The van der Waals surface area contributed by atoms with Gasteiger partial charge in [0.15, 0.2) is 0 Å².